The van der Waals surface area contributed by atoms with E-state index in [4.69, 9.17) is 16.3 Å². The Labute approximate surface area is 122 Å². The Balaban J connectivity index is 2.05. The molecule has 2 rings (SSSR count). The Morgan fingerprint density at radius 3 is 2.72 bits per heavy atom. The largest absolute Gasteiger partial charge is 0.384 e. The van der Waals surface area contributed by atoms with Gasteiger partial charge in [0.05, 0.1) is 0 Å². The lowest BCUT2D eigenvalue weighted by molar-refractivity contribution is 0.139. The molecule has 1 heterocycles. The van der Waals surface area contributed by atoms with Crippen molar-refractivity contribution in [2.75, 3.05) is 31.7 Å². The van der Waals surface area contributed by atoms with Crippen molar-refractivity contribution in [2.24, 2.45) is 5.92 Å². The van der Waals surface area contributed by atoms with Crippen molar-refractivity contribution in [3.8, 4) is 0 Å². The van der Waals surface area contributed by atoms with E-state index in [0.717, 1.165) is 24.2 Å². The summed E-state index contributed by atoms with van der Waals surface area (Å²) < 4.78 is 6.33. The molecule has 1 fully saturated rings. The zero-order valence-electron chi connectivity index (χ0n) is 10.7. The second-order valence-electron chi connectivity index (χ2n) is 4.79. The average molecular weight is 333 g/mol. The Morgan fingerprint density at radius 1 is 1.39 bits per heavy atom. The first-order valence-electron chi connectivity index (χ1n) is 6.33. The molecule has 2 nitrogen and oxygen atoms in total. The number of ether oxygens (including phenoxy) is 1. The molecule has 1 aromatic rings. The van der Waals surface area contributed by atoms with Crippen LogP contribution in [0, 0.1) is 5.92 Å². The van der Waals surface area contributed by atoms with Gasteiger partial charge in [0.15, 0.2) is 0 Å². The first kappa shape index (κ1) is 14.2. The molecule has 0 saturated carbocycles. The van der Waals surface area contributed by atoms with E-state index >= 15 is 0 Å². The SMILES string of the molecule is COCC1CCN(c2ccc(Br)cc2CCl)CC1. The van der Waals surface area contributed by atoms with Crippen LogP contribution in [0.25, 0.3) is 0 Å². The Bertz CT molecular complexity index is 391. The second kappa shape index (κ2) is 6.78. The number of benzene rings is 1. The maximum absolute atomic E-state index is 6.03. The lowest BCUT2D eigenvalue weighted by atomic mass is 9.97. The van der Waals surface area contributed by atoms with E-state index in [1.165, 1.54) is 24.1 Å². The zero-order chi connectivity index (χ0) is 13.0. The van der Waals surface area contributed by atoms with Crippen LogP contribution in [0.2, 0.25) is 0 Å². The van der Waals surface area contributed by atoms with Gasteiger partial charge in [0.2, 0.25) is 0 Å². The average Bonchev–Trinajstić information content (AvgIpc) is 2.40. The number of piperidine rings is 1. The van der Waals surface area contributed by atoms with E-state index < -0.39 is 0 Å². The maximum atomic E-state index is 6.03. The number of hydrogen-bond acceptors (Lipinski definition) is 2. The third-order valence-electron chi connectivity index (χ3n) is 3.54. The van der Waals surface area contributed by atoms with Crippen LogP contribution in [0.1, 0.15) is 18.4 Å². The minimum absolute atomic E-state index is 0.562. The summed E-state index contributed by atoms with van der Waals surface area (Å²) in [5.74, 6) is 1.27. The van der Waals surface area contributed by atoms with Gasteiger partial charge in [-0.2, -0.15) is 0 Å². The van der Waals surface area contributed by atoms with E-state index in [1.54, 1.807) is 7.11 Å². The highest BCUT2D eigenvalue weighted by Crippen LogP contribution is 2.29. The molecule has 0 spiro atoms. The number of nitrogens with zero attached hydrogens (tertiary/aromatic N) is 1. The van der Waals surface area contributed by atoms with Gasteiger partial charge < -0.3 is 9.64 Å². The fourth-order valence-electron chi connectivity index (χ4n) is 2.55. The van der Waals surface area contributed by atoms with Crippen LogP contribution in [0.3, 0.4) is 0 Å². The molecule has 1 aliphatic rings. The quantitative estimate of drug-likeness (QED) is 0.771. The number of rotatable bonds is 4. The predicted octanol–water partition coefficient (Wildman–Crippen LogP) is 4.05. The van der Waals surface area contributed by atoms with Crippen LogP contribution in [-0.2, 0) is 10.6 Å². The van der Waals surface area contributed by atoms with Gasteiger partial charge in [0.1, 0.15) is 0 Å². The van der Waals surface area contributed by atoms with Crippen LogP contribution < -0.4 is 4.90 Å². The van der Waals surface area contributed by atoms with Gasteiger partial charge >= 0.3 is 0 Å². The number of anilines is 1. The highest BCUT2D eigenvalue weighted by Gasteiger charge is 2.20. The third-order valence-corrected chi connectivity index (χ3v) is 4.32. The van der Waals surface area contributed by atoms with Crippen LogP contribution in [0.5, 0.6) is 0 Å². The summed E-state index contributed by atoms with van der Waals surface area (Å²) in [4.78, 5) is 2.44. The summed E-state index contributed by atoms with van der Waals surface area (Å²) in [6, 6.07) is 6.37. The monoisotopic (exact) mass is 331 g/mol. The number of hydrogen-bond donors (Lipinski definition) is 0. The molecule has 0 radical (unpaired) electrons. The summed E-state index contributed by atoms with van der Waals surface area (Å²) in [6.07, 6.45) is 2.40. The Hall–Kier alpha value is -0.250. The normalized spacial score (nSPS) is 17.2. The van der Waals surface area contributed by atoms with Crippen molar-refractivity contribution in [1.29, 1.82) is 0 Å². The molecule has 0 unspecified atom stereocenters. The number of alkyl halides is 1. The van der Waals surface area contributed by atoms with Crippen molar-refractivity contribution in [2.45, 2.75) is 18.7 Å². The van der Waals surface area contributed by atoms with Gasteiger partial charge in [-0.3, -0.25) is 0 Å². The molecule has 1 saturated heterocycles. The molecule has 100 valence electrons. The molecule has 0 aliphatic carbocycles. The number of methoxy groups -OCH3 is 1. The Kier molecular flexibility index (Phi) is 5.34. The van der Waals surface area contributed by atoms with Crippen LogP contribution in [0.15, 0.2) is 22.7 Å². The first-order valence-corrected chi connectivity index (χ1v) is 7.65. The zero-order valence-corrected chi connectivity index (χ0v) is 13.0. The van der Waals surface area contributed by atoms with Crippen LogP contribution in [-0.4, -0.2) is 26.8 Å². The molecular weight excluding hydrogens is 314 g/mol. The first-order chi connectivity index (χ1) is 8.74. The van der Waals surface area contributed by atoms with E-state index in [2.05, 4.69) is 39.0 Å². The Morgan fingerprint density at radius 2 is 2.11 bits per heavy atom. The fourth-order valence-corrected chi connectivity index (χ4v) is 3.17. The molecular formula is C14H19BrClNO. The summed E-state index contributed by atoms with van der Waals surface area (Å²) in [5.41, 5.74) is 2.49. The predicted molar refractivity (Wildman–Crippen MR) is 80.5 cm³/mol. The molecule has 0 bridgehead atoms. The molecule has 0 aromatic heterocycles. The van der Waals surface area contributed by atoms with Crippen molar-refractivity contribution >= 4 is 33.2 Å². The fraction of sp³-hybridized carbons (Fsp3) is 0.571. The topological polar surface area (TPSA) is 12.5 Å². The van der Waals surface area contributed by atoms with Gasteiger partial charge in [0.25, 0.3) is 0 Å². The van der Waals surface area contributed by atoms with E-state index in [9.17, 15) is 0 Å². The second-order valence-corrected chi connectivity index (χ2v) is 5.98. The lowest BCUT2D eigenvalue weighted by Crippen LogP contribution is -2.35. The van der Waals surface area contributed by atoms with E-state index in [0.29, 0.717) is 11.8 Å². The molecule has 0 N–H and O–H groups in total. The minimum atomic E-state index is 0.562. The van der Waals surface area contributed by atoms with E-state index in [-0.39, 0.29) is 0 Å². The highest BCUT2D eigenvalue weighted by atomic mass is 79.9. The van der Waals surface area contributed by atoms with Gasteiger partial charge in [-0.25, -0.2) is 0 Å². The molecule has 1 aliphatic heterocycles. The van der Waals surface area contributed by atoms with E-state index in [1.807, 2.05) is 0 Å². The highest BCUT2D eigenvalue weighted by molar-refractivity contribution is 9.10. The molecule has 4 heteroatoms. The summed E-state index contributed by atoms with van der Waals surface area (Å²) in [7, 11) is 1.78. The molecule has 0 amide bonds. The van der Waals surface area contributed by atoms with Crippen molar-refractivity contribution in [3.63, 3.8) is 0 Å². The molecule has 0 atom stereocenters. The smallest absolute Gasteiger partial charge is 0.0494 e. The lowest BCUT2D eigenvalue weighted by Gasteiger charge is -2.34. The van der Waals surface area contributed by atoms with Crippen molar-refractivity contribution in [3.05, 3.63) is 28.2 Å². The van der Waals surface area contributed by atoms with Crippen molar-refractivity contribution in [1.82, 2.24) is 0 Å². The summed E-state index contributed by atoms with van der Waals surface area (Å²) in [5, 5.41) is 0. The maximum Gasteiger partial charge on any atom is 0.0494 e. The van der Waals surface area contributed by atoms with Crippen LogP contribution in [0.4, 0.5) is 5.69 Å². The minimum Gasteiger partial charge on any atom is -0.384 e. The standard InChI is InChI=1S/C14H19BrClNO/c1-18-10-11-4-6-17(7-5-11)14-3-2-13(15)8-12(14)9-16/h2-3,8,11H,4-7,9-10H2,1H3. The van der Waals surface area contributed by atoms with Gasteiger partial charge in [-0.05, 0) is 42.5 Å². The molecule has 1 aromatic carbocycles. The number of halogens is 2. The van der Waals surface area contributed by atoms with Gasteiger partial charge in [-0.15, -0.1) is 11.6 Å². The summed E-state index contributed by atoms with van der Waals surface area (Å²) in [6.45, 7) is 3.08. The van der Waals surface area contributed by atoms with Crippen LogP contribution >= 0.6 is 27.5 Å². The molecule has 18 heavy (non-hydrogen) atoms. The summed E-state index contributed by atoms with van der Waals surface area (Å²) >= 11 is 9.53. The van der Waals surface area contributed by atoms with Gasteiger partial charge in [-0.1, -0.05) is 15.9 Å². The van der Waals surface area contributed by atoms with Gasteiger partial charge in [0, 0.05) is 42.8 Å². The third kappa shape index (κ3) is 3.40. The van der Waals surface area contributed by atoms with Crippen molar-refractivity contribution < 1.29 is 4.74 Å².